The van der Waals surface area contributed by atoms with Crippen LogP contribution in [0.25, 0.3) is 0 Å². The molecule has 16 heavy (non-hydrogen) atoms. The van der Waals surface area contributed by atoms with Crippen LogP contribution in [0.2, 0.25) is 0 Å². The molecule has 0 unspecified atom stereocenters. The molecule has 0 atom stereocenters. The molecule has 6 nitrogen and oxygen atoms in total. The van der Waals surface area contributed by atoms with Crippen LogP contribution >= 0.6 is 37.4 Å². The molecular formula is C7H14N4O2S3. The highest BCUT2D eigenvalue weighted by Gasteiger charge is 2.14. The van der Waals surface area contributed by atoms with Gasteiger partial charge in [0.1, 0.15) is 6.61 Å². The Morgan fingerprint density at radius 1 is 1.31 bits per heavy atom. The third-order valence-corrected chi connectivity index (χ3v) is 2.30. The number of amides is 1. The molecule has 9 heteroatoms. The zero-order valence-corrected chi connectivity index (χ0v) is 11.5. The number of rotatable bonds is 6. The van der Waals surface area contributed by atoms with Crippen LogP contribution in [-0.4, -0.2) is 52.0 Å². The van der Waals surface area contributed by atoms with Gasteiger partial charge in [0.2, 0.25) is 0 Å². The predicted octanol–water partition coefficient (Wildman–Crippen LogP) is 1.36. The number of ether oxygens (including phenoxy) is 1. The van der Waals surface area contributed by atoms with E-state index in [0.29, 0.717) is 6.54 Å². The number of thiol groups is 2. The van der Waals surface area contributed by atoms with Gasteiger partial charge in [0.05, 0.1) is 16.6 Å². The summed E-state index contributed by atoms with van der Waals surface area (Å²) in [6.07, 6.45) is -0.568. The standard InChI is InChI=1S/C7H14N4O2S3/c1-10(3-5(8)14)16-11(2)7(12)13-4-6(9)15/h3-4H2,1-2H3,(H2,8,14)(H2,9,15). The van der Waals surface area contributed by atoms with E-state index in [0.717, 1.165) is 12.1 Å². The average Bonchev–Trinajstić information content (AvgIpc) is 2.12. The van der Waals surface area contributed by atoms with Crippen LogP contribution in [0.15, 0.2) is 0 Å². The van der Waals surface area contributed by atoms with E-state index in [4.69, 9.17) is 15.6 Å². The Morgan fingerprint density at radius 2 is 1.88 bits per heavy atom. The van der Waals surface area contributed by atoms with E-state index in [2.05, 4.69) is 25.3 Å². The summed E-state index contributed by atoms with van der Waals surface area (Å²) in [7, 11) is 3.26. The van der Waals surface area contributed by atoms with Gasteiger partial charge in [-0.25, -0.2) is 13.4 Å². The Kier molecular flexibility index (Phi) is 7.64. The van der Waals surface area contributed by atoms with E-state index in [1.54, 1.807) is 11.4 Å². The topological polar surface area (TPSA) is 80.5 Å². The summed E-state index contributed by atoms with van der Waals surface area (Å²) in [6.45, 7) is 0.187. The van der Waals surface area contributed by atoms with Crippen molar-refractivity contribution in [2.45, 2.75) is 0 Å². The molecule has 0 aliphatic rings. The lowest BCUT2D eigenvalue weighted by molar-refractivity contribution is 0.147. The Morgan fingerprint density at radius 3 is 2.31 bits per heavy atom. The molecule has 0 aliphatic carbocycles. The molecule has 92 valence electrons. The maximum absolute atomic E-state index is 11.3. The highest BCUT2D eigenvalue weighted by atomic mass is 32.2. The number of carbonyl (C=O) groups is 1. The number of nitrogens with one attached hydrogen (secondary N) is 2. The van der Waals surface area contributed by atoms with Crippen molar-refractivity contribution < 1.29 is 9.53 Å². The fourth-order valence-corrected chi connectivity index (χ4v) is 1.80. The van der Waals surface area contributed by atoms with E-state index in [-0.39, 0.29) is 16.7 Å². The Balaban J connectivity index is 3.94. The summed E-state index contributed by atoms with van der Waals surface area (Å²) in [5, 5.41) is 14.3. The zero-order valence-electron chi connectivity index (χ0n) is 8.93. The van der Waals surface area contributed by atoms with Crippen molar-refractivity contribution in [1.82, 2.24) is 8.61 Å². The Labute approximate surface area is 110 Å². The van der Waals surface area contributed by atoms with Crippen LogP contribution in [0.3, 0.4) is 0 Å². The second-order valence-corrected chi connectivity index (χ2v) is 5.23. The Bertz CT molecular complexity index is 287. The SMILES string of the molecule is CN(CC(=N)S)SN(C)C(=O)OCC(=N)S. The van der Waals surface area contributed by atoms with Crippen molar-refractivity contribution >= 4 is 53.6 Å². The smallest absolute Gasteiger partial charge is 0.421 e. The van der Waals surface area contributed by atoms with Crippen LogP contribution < -0.4 is 0 Å². The maximum Gasteiger partial charge on any atom is 0.421 e. The lowest BCUT2D eigenvalue weighted by Crippen LogP contribution is -2.28. The molecule has 0 radical (unpaired) electrons. The molecule has 0 heterocycles. The largest absolute Gasteiger partial charge is 0.442 e. The molecule has 0 fully saturated rings. The van der Waals surface area contributed by atoms with Crippen molar-refractivity contribution in [1.29, 1.82) is 10.8 Å². The van der Waals surface area contributed by atoms with Gasteiger partial charge in [-0.05, 0) is 7.05 Å². The number of carbonyl (C=O) groups excluding carboxylic acids is 1. The van der Waals surface area contributed by atoms with E-state index in [1.807, 2.05) is 0 Å². The van der Waals surface area contributed by atoms with E-state index in [1.165, 1.54) is 11.4 Å². The van der Waals surface area contributed by atoms with Gasteiger partial charge in [0, 0.05) is 19.2 Å². The lowest BCUT2D eigenvalue weighted by Gasteiger charge is -2.21. The molecule has 0 saturated carbocycles. The molecule has 0 spiro atoms. The maximum atomic E-state index is 11.3. The van der Waals surface area contributed by atoms with Gasteiger partial charge in [-0.15, -0.1) is 25.3 Å². The molecule has 0 aromatic rings. The minimum Gasteiger partial charge on any atom is -0.442 e. The van der Waals surface area contributed by atoms with Crippen LogP contribution in [0.4, 0.5) is 4.79 Å². The molecular weight excluding hydrogens is 268 g/mol. The third-order valence-electron chi connectivity index (χ3n) is 1.22. The molecule has 0 aromatic heterocycles. The lowest BCUT2D eigenvalue weighted by atomic mass is 10.7. The van der Waals surface area contributed by atoms with Crippen LogP contribution in [0.5, 0.6) is 0 Å². The fraction of sp³-hybridized carbons (Fsp3) is 0.571. The molecule has 0 bridgehead atoms. The van der Waals surface area contributed by atoms with E-state index < -0.39 is 6.09 Å². The predicted molar refractivity (Wildman–Crippen MR) is 72.8 cm³/mol. The number of hydrogen-bond donors (Lipinski definition) is 4. The zero-order chi connectivity index (χ0) is 12.7. The summed E-state index contributed by atoms with van der Waals surface area (Å²) in [6, 6.07) is 0. The first-order valence-electron chi connectivity index (χ1n) is 4.15. The van der Waals surface area contributed by atoms with Gasteiger partial charge in [-0.1, -0.05) is 0 Å². The Hall–Kier alpha value is -0.380. The fourth-order valence-electron chi connectivity index (χ4n) is 0.703. The normalized spacial score (nSPS) is 10.1. The first kappa shape index (κ1) is 15.6. The minimum absolute atomic E-state index is 0.0164. The molecule has 0 aliphatic heterocycles. The van der Waals surface area contributed by atoms with Crippen molar-refractivity contribution in [3.8, 4) is 0 Å². The van der Waals surface area contributed by atoms with Crippen molar-refractivity contribution in [2.24, 2.45) is 0 Å². The highest BCUT2D eigenvalue weighted by Crippen LogP contribution is 2.13. The van der Waals surface area contributed by atoms with Crippen LogP contribution in [-0.2, 0) is 4.74 Å². The van der Waals surface area contributed by atoms with E-state index >= 15 is 0 Å². The second-order valence-electron chi connectivity index (χ2n) is 2.81. The summed E-state index contributed by atoms with van der Waals surface area (Å²) in [5.74, 6) is 0. The van der Waals surface area contributed by atoms with Gasteiger partial charge in [-0.3, -0.25) is 10.8 Å². The molecule has 0 saturated heterocycles. The summed E-state index contributed by atoms with van der Waals surface area (Å²) >= 11 is 8.62. The minimum atomic E-state index is -0.568. The molecule has 0 aromatic carbocycles. The average molecular weight is 282 g/mol. The van der Waals surface area contributed by atoms with E-state index in [9.17, 15) is 4.79 Å². The third kappa shape index (κ3) is 7.85. The second kappa shape index (κ2) is 7.82. The molecule has 1 amide bonds. The summed E-state index contributed by atoms with van der Waals surface area (Å²) in [5.41, 5.74) is 0. The van der Waals surface area contributed by atoms with Crippen molar-refractivity contribution in [3.63, 3.8) is 0 Å². The summed E-state index contributed by atoms with van der Waals surface area (Å²) < 4.78 is 7.65. The number of nitrogens with zero attached hydrogens (tertiary/aromatic N) is 2. The first-order chi connectivity index (χ1) is 7.32. The summed E-state index contributed by atoms with van der Waals surface area (Å²) in [4.78, 5) is 11.3. The van der Waals surface area contributed by atoms with Gasteiger partial charge in [0.15, 0.2) is 0 Å². The number of hydrogen-bond acceptors (Lipinski definition) is 6. The van der Waals surface area contributed by atoms with Crippen LogP contribution in [0.1, 0.15) is 0 Å². The highest BCUT2D eigenvalue weighted by molar-refractivity contribution is 7.97. The monoisotopic (exact) mass is 282 g/mol. The van der Waals surface area contributed by atoms with Crippen LogP contribution in [0, 0.1) is 10.8 Å². The van der Waals surface area contributed by atoms with Gasteiger partial charge in [0.25, 0.3) is 0 Å². The van der Waals surface area contributed by atoms with Crippen molar-refractivity contribution in [2.75, 3.05) is 27.2 Å². The molecule has 0 rings (SSSR count). The van der Waals surface area contributed by atoms with Gasteiger partial charge < -0.3 is 4.74 Å². The van der Waals surface area contributed by atoms with Crippen molar-refractivity contribution in [3.05, 3.63) is 0 Å². The quantitative estimate of drug-likeness (QED) is 0.257. The van der Waals surface area contributed by atoms with Gasteiger partial charge >= 0.3 is 6.09 Å². The molecule has 2 N–H and O–H groups in total. The first-order valence-corrected chi connectivity index (χ1v) is 5.78. The van der Waals surface area contributed by atoms with Gasteiger partial charge in [-0.2, -0.15) is 0 Å².